The summed E-state index contributed by atoms with van der Waals surface area (Å²) >= 11 is 0. The van der Waals surface area contributed by atoms with Crippen LogP contribution in [0, 0.1) is 20.8 Å². The van der Waals surface area contributed by atoms with E-state index in [2.05, 4.69) is 37.2 Å². The van der Waals surface area contributed by atoms with Crippen molar-refractivity contribution in [1.82, 2.24) is 9.55 Å². The summed E-state index contributed by atoms with van der Waals surface area (Å²) in [6, 6.07) is 0. The zero-order chi connectivity index (χ0) is 12.9. The Balaban J connectivity index is 0.000000385. The molecule has 0 aliphatic heterocycles. The zero-order valence-corrected chi connectivity index (χ0v) is 9.90. The van der Waals surface area contributed by atoms with Gasteiger partial charge in [-0.3, -0.25) is 0 Å². The summed E-state index contributed by atoms with van der Waals surface area (Å²) in [6.45, 7) is 9.54. The quantitative estimate of drug-likeness (QED) is 0.570. The lowest BCUT2D eigenvalue weighted by Crippen LogP contribution is -2.02. The zero-order valence-electron chi connectivity index (χ0n) is 9.90. The second kappa shape index (κ2) is 5.91. The van der Waals surface area contributed by atoms with Gasteiger partial charge in [-0.1, -0.05) is 6.92 Å². The molecule has 0 fully saturated rings. The van der Waals surface area contributed by atoms with Crippen LogP contribution in [0.1, 0.15) is 30.6 Å². The highest BCUT2D eigenvalue weighted by Gasteiger charge is 2.20. The Morgan fingerprint density at radius 1 is 1.12 bits per heavy atom. The highest BCUT2D eigenvalue weighted by Crippen LogP contribution is 2.09. The summed E-state index contributed by atoms with van der Waals surface area (Å²) in [5.41, 5.74) is 2.47. The van der Waals surface area contributed by atoms with Gasteiger partial charge in [-0.2, -0.15) is 0 Å². The first-order chi connectivity index (χ1) is 7.16. The molecule has 16 heavy (non-hydrogen) atoms. The van der Waals surface area contributed by atoms with Crippen molar-refractivity contribution in [2.24, 2.45) is 0 Å². The van der Waals surface area contributed by atoms with Crippen molar-refractivity contribution in [3.05, 3.63) is 17.2 Å². The molecule has 0 saturated heterocycles. The lowest BCUT2D eigenvalue weighted by Gasteiger charge is -2.04. The molecule has 1 heterocycles. The molecule has 0 atom stereocenters. The molecule has 0 aliphatic carbocycles. The van der Waals surface area contributed by atoms with E-state index in [1.165, 1.54) is 12.1 Å². The number of aromatic nitrogens is 2. The van der Waals surface area contributed by atoms with Crippen LogP contribution in [0.3, 0.4) is 0 Å². The van der Waals surface area contributed by atoms with Crippen molar-refractivity contribution in [1.29, 1.82) is 0 Å². The van der Waals surface area contributed by atoms with E-state index in [1.807, 2.05) is 0 Å². The molecule has 0 amide bonds. The van der Waals surface area contributed by atoms with Crippen LogP contribution >= 0.6 is 0 Å². The third-order valence-corrected chi connectivity index (χ3v) is 2.10. The SMILES string of the molecule is CCCn1c(C)nc(C)c1C.F[B-](F)(F)F. The van der Waals surface area contributed by atoms with Gasteiger partial charge in [0.1, 0.15) is 5.82 Å². The Morgan fingerprint density at radius 3 is 1.81 bits per heavy atom. The van der Waals surface area contributed by atoms with Gasteiger partial charge < -0.3 is 21.8 Å². The molecular weight excluding hydrogens is 223 g/mol. The van der Waals surface area contributed by atoms with E-state index in [4.69, 9.17) is 0 Å². The third kappa shape index (κ3) is 5.77. The molecule has 1 aromatic heterocycles. The molecule has 0 saturated carbocycles. The van der Waals surface area contributed by atoms with Crippen LogP contribution in [0.15, 0.2) is 0 Å². The average molecular weight is 239 g/mol. The van der Waals surface area contributed by atoms with Crippen LogP contribution in [0.25, 0.3) is 0 Å². The van der Waals surface area contributed by atoms with Crippen molar-refractivity contribution < 1.29 is 17.3 Å². The van der Waals surface area contributed by atoms with Gasteiger partial charge in [-0.15, -0.1) is 0 Å². The van der Waals surface area contributed by atoms with Gasteiger partial charge in [-0.05, 0) is 27.2 Å². The second-order valence-electron chi connectivity index (χ2n) is 3.48. The van der Waals surface area contributed by atoms with Gasteiger partial charge in [-0.25, -0.2) is 4.98 Å². The molecule has 0 spiro atoms. The van der Waals surface area contributed by atoms with Crippen LogP contribution in [-0.2, 0) is 6.54 Å². The van der Waals surface area contributed by atoms with Gasteiger partial charge >= 0.3 is 7.25 Å². The number of nitrogens with zero attached hydrogens (tertiary/aromatic N) is 2. The van der Waals surface area contributed by atoms with Crippen LogP contribution in [0.2, 0.25) is 0 Å². The monoisotopic (exact) mass is 239 g/mol. The second-order valence-corrected chi connectivity index (χ2v) is 3.48. The summed E-state index contributed by atoms with van der Waals surface area (Å²) in [5.74, 6) is 1.14. The van der Waals surface area contributed by atoms with Gasteiger partial charge in [0.05, 0.1) is 5.69 Å². The van der Waals surface area contributed by atoms with Gasteiger partial charge in [0.15, 0.2) is 0 Å². The molecule has 0 aliphatic rings. The minimum absolute atomic E-state index is 1.10. The highest BCUT2D eigenvalue weighted by atomic mass is 19.5. The first-order valence-corrected chi connectivity index (χ1v) is 5.04. The lowest BCUT2D eigenvalue weighted by atomic mass is 10.3. The number of hydrogen-bond donors (Lipinski definition) is 0. The van der Waals surface area contributed by atoms with Crippen LogP contribution in [0.4, 0.5) is 17.3 Å². The molecule has 0 bridgehead atoms. The van der Waals surface area contributed by atoms with E-state index in [-0.39, 0.29) is 0 Å². The van der Waals surface area contributed by atoms with Crippen LogP contribution in [-0.4, -0.2) is 16.8 Å². The topological polar surface area (TPSA) is 17.8 Å². The van der Waals surface area contributed by atoms with Crippen LogP contribution in [0.5, 0.6) is 0 Å². The van der Waals surface area contributed by atoms with E-state index < -0.39 is 7.25 Å². The average Bonchev–Trinajstić information content (AvgIpc) is 2.30. The van der Waals surface area contributed by atoms with Crippen LogP contribution < -0.4 is 0 Å². The lowest BCUT2D eigenvalue weighted by molar-refractivity contribution is 0.368. The first-order valence-electron chi connectivity index (χ1n) is 5.04. The number of imidazole rings is 1. The van der Waals surface area contributed by atoms with Crippen molar-refractivity contribution in [3.8, 4) is 0 Å². The van der Waals surface area contributed by atoms with Crippen molar-refractivity contribution >= 4 is 7.25 Å². The molecular formula is C9H16BF4N2-. The largest absolute Gasteiger partial charge is 0.673 e. The van der Waals surface area contributed by atoms with E-state index in [0.717, 1.165) is 18.1 Å². The Bertz CT molecular complexity index is 327. The molecule has 94 valence electrons. The molecule has 1 aromatic rings. The predicted octanol–water partition coefficient (Wildman–Crippen LogP) is 3.52. The van der Waals surface area contributed by atoms with Crippen molar-refractivity contribution in [2.45, 2.75) is 40.7 Å². The molecule has 7 heteroatoms. The Kier molecular flexibility index (Phi) is 5.54. The summed E-state index contributed by atoms with van der Waals surface area (Å²) < 4.78 is 41.3. The van der Waals surface area contributed by atoms with Gasteiger partial charge in [0, 0.05) is 12.2 Å². The summed E-state index contributed by atoms with van der Waals surface area (Å²) in [7, 11) is -6.00. The van der Waals surface area contributed by atoms with E-state index >= 15 is 0 Å². The minimum atomic E-state index is -6.00. The maximum absolute atomic E-state index is 9.75. The van der Waals surface area contributed by atoms with E-state index in [9.17, 15) is 17.3 Å². The molecule has 0 radical (unpaired) electrons. The van der Waals surface area contributed by atoms with E-state index in [0.29, 0.717) is 0 Å². The number of rotatable bonds is 2. The van der Waals surface area contributed by atoms with Crippen molar-refractivity contribution in [3.63, 3.8) is 0 Å². The molecule has 0 aromatic carbocycles. The third-order valence-electron chi connectivity index (χ3n) is 2.10. The fraction of sp³-hybridized carbons (Fsp3) is 0.667. The summed E-state index contributed by atoms with van der Waals surface area (Å²) in [5, 5.41) is 0. The first kappa shape index (κ1) is 15.0. The maximum Gasteiger partial charge on any atom is 0.673 e. The van der Waals surface area contributed by atoms with E-state index in [1.54, 1.807) is 0 Å². The van der Waals surface area contributed by atoms with Gasteiger partial charge in [0.2, 0.25) is 0 Å². The summed E-state index contributed by atoms with van der Waals surface area (Å²) in [6.07, 6.45) is 1.18. The fourth-order valence-electron chi connectivity index (χ4n) is 1.38. The Labute approximate surface area is 92.8 Å². The molecule has 0 N–H and O–H groups in total. The fourth-order valence-corrected chi connectivity index (χ4v) is 1.38. The smallest absolute Gasteiger partial charge is 0.418 e. The number of aryl methyl sites for hydroxylation is 2. The standard InChI is InChI=1S/C9H16N2.BF4/c1-5-6-11-8(3)7(2)10-9(11)4;2-1(3,4)5/h5-6H2,1-4H3;/q;-1. The highest BCUT2D eigenvalue weighted by molar-refractivity contribution is 6.50. The maximum atomic E-state index is 9.75. The Morgan fingerprint density at radius 2 is 1.56 bits per heavy atom. The normalized spacial score (nSPS) is 11.0. The molecule has 0 unspecified atom stereocenters. The summed E-state index contributed by atoms with van der Waals surface area (Å²) in [4.78, 5) is 4.39. The number of halogens is 4. The van der Waals surface area contributed by atoms with Crippen molar-refractivity contribution in [2.75, 3.05) is 0 Å². The van der Waals surface area contributed by atoms with Gasteiger partial charge in [0.25, 0.3) is 0 Å². The minimum Gasteiger partial charge on any atom is -0.418 e. The predicted molar refractivity (Wildman–Crippen MR) is 56.9 cm³/mol. The Hall–Kier alpha value is -1.01. The number of hydrogen-bond acceptors (Lipinski definition) is 1. The molecule has 2 nitrogen and oxygen atoms in total. The molecule has 1 rings (SSSR count).